The second-order valence-electron chi connectivity index (χ2n) is 5.14. The van der Waals surface area contributed by atoms with Gasteiger partial charge in [-0.25, -0.2) is 0 Å². The first-order valence-corrected chi connectivity index (χ1v) is 7.00. The second kappa shape index (κ2) is 6.58. The molecular formula is C15H21N3O3. The summed E-state index contributed by atoms with van der Waals surface area (Å²) in [6, 6.07) is 6.59. The van der Waals surface area contributed by atoms with E-state index in [-0.39, 0.29) is 11.8 Å². The van der Waals surface area contributed by atoms with Gasteiger partial charge in [-0.1, -0.05) is 6.07 Å². The maximum absolute atomic E-state index is 12.4. The Kier molecular flexibility index (Phi) is 4.80. The lowest BCUT2D eigenvalue weighted by molar-refractivity contribution is -0.133. The number of nitrogens with zero attached hydrogens (tertiary/aromatic N) is 2. The van der Waals surface area contributed by atoms with Crippen molar-refractivity contribution in [1.82, 2.24) is 9.80 Å². The Hall–Kier alpha value is -2.08. The fraction of sp³-hybridized carbons (Fsp3) is 0.467. The normalized spacial score (nSPS) is 16.5. The molecule has 0 aliphatic carbocycles. The van der Waals surface area contributed by atoms with Crippen molar-refractivity contribution in [3.05, 3.63) is 29.8 Å². The van der Waals surface area contributed by atoms with Gasteiger partial charge in [0.1, 0.15) is 5.75 Å². The minimum Gasteiger partial charge on any atom is -0.497 e. The third-order valence-electron chi connectivity index (χ3n) is 3.58. The van der Waals surface area contributed by atoms with Crippen molar-refractivity contribution in [3.8, 4) is 5.75 Å². The molecule has 1 aromatic rings. The average Bonchev–Trinajstić information content (AvgIpc) is 2.53. The SMILES string of the molecule is COc1cccc(C(=O)N2CCN(C(=O)C(C)N)CC2)c1. The molecule has 1 aliphatic rings. The molecule has 0 radical (unpaired) electrons. The van der Waals surface area contributed by atoms with E-state index in [1.165, 1.54) is 0 Å². The first-order chi connectivity index (χ1) is 10.0. The number of benzene rings is 1. The highest BCUT2D eigenvalue weighted by Gasteiger charge is 2.26. The lowest BCUT2D eigenvalue weighted by atomic mass is 10.1. The van der Waals surface area contributed by atoms with Gasteiger partial charge in [0.05, 0.1) is 13.2 Å². The number of hydrogen-bond donors (Lipinski definition) is 1. The van der Waals surface area contributed by atoms with Crippen molar-refractivity contribution < 1.29 is 14.3 Å². The van der Waals surface area contributed by atoms with Crippen LogP contribution in [0.5, 0.6) is 5.75 Å². The van der Waals surface area contributed by atoms with E-state index in [2.05, 4.69) is 0 Å². The zero-order chi connectivity index (χ0) is 15.4. The zero-order valence-electron chi connectivity index (χ0n) is 12.4. The van der Waals surface area contributed by atoms with Gasteiger partial charge in [0.25, 0.3) is 5.91 Å². The van der Waals surface area contributed by atoms with E-state index >= 15 is 0 Å². The van der Waals surface area contributed by atoms with Gasteiger partial charge in [0.15, 0.2) is 0 Å². The van der Waals surface area contributed by atoms with Crippen molar-refractivity contribution in [3.63, 3.8) is 0 Å². The minimum absolute atomic E-state index is 0.0400. The van der Waals surface area contributed by atoms with E-state index in [4.69, 9.17) is 10.5 Å². The highest BCUT2D eigenvalue weighted by molar-refractivity contribution is 5.94. The summed E-state index contributed by atoms with van der Waals surface area (Å²) < 4.78 is 5.13. The molecule has 1 fully saturated rings. The van der Waals surface area contributed by atoms with Gasteiger partial charge in [-0.05, 0) is 25.1 Å². The van der Waals surface area contributed by atoms with Gasteiger partial charge in [0.2, 0.25) is 5.91 Å². The molecule has 2 N–H and O–H groups in total. The average molecular weight is 291 g/mol. The van der Waals surface area contributed by atoms with Crippen molar-refractivity contribution in [2.24, 2.45) is 5.73 Å². The van der Waals surface area contributed by atoms with Crippen LogP contribution in [0.15, 0.2) is 24.3 Å². The van der Waals surface area contributed by atoms with Crippen LogP contribution in [-0.2, 0) is 4.79 Å². The Morgan fingerprint density at radius 3 is 2.38 bits per heavy atom. The molecule has 6 heteroatoms. The standard InChI is InChI=1S/C15H21N3O3/c1-11(16)14(19)17-6-8-18(9-7-17)15(20)12-4-3-5-13(10-12)21-2/h3-5,10-11H,6-9,16H2,1-2H3. The van der Waals surface area contributed by atoms with Crippen molar-refractivity contribution in [2.45, 2.75) is 13.0 Å². The molecule has 0 spiro atoms. The molecule has 1 unspecified atom stereocenters. The predicted molar refractivity (Wildman–Crippen MR) is 79.1 cm³/mol. The first kappa shape index (κ1) is 15.3. The predicted octanol–water partition coefficient (Wildman–Crippen LogP) is 0.327. The minimum atomic E-state index is -0.495. The molecule has 1 atom stereocenters. The molecule has 114 valence electrons. The summed E-state index contributed by atoms with van der Waals surface area (Å²) in [4.78, 5) is 27.7. The molecule has 1 aliphatic heterocycles. The summed E-state index contributed by atoms with van der Waals surface area (Å²) in [7, 11) is 1.57. The van der Waals surface area contributed by atoms with E-state index in [9.17, 15) is 9.59 Å². The van der Waals surface area contributed by atoms with Crippen LogP contribution in [-0.4, -0.2) is 60.9 Å². The molecule has 21 heavy (non-hydrogen) atoms. The summed E-state index contributed by atoms with van der Waals surface area (Å²) in [5.74, 6) is 0.553. The molecule has 1 aromatic carbocycles. The van der Waals surface area contributed by atoms with Gasteiger partial charge in [-0.2, -0.15) is 0 Å². The molecule has 0 bridgehead atoms. The third-order valence-corrected chi connectivity index (χ3v) is 3.58. The zero-order valence-corrected chi connectivity index (χ0v) is 12.4. The molecule has 1 saturated heterocycles. The number of methoxy groups -OCH3 is 1. The number of rotatable bonds is 3. The molecular weight excluding hydrogens is 270 g/mol. The lowest BCUT2D eigenvalue weighted by Crippen LogP contribution is -2.53. The fourth-order valence-electron chi connectivity index (χ4n) is 2.36. The van der Waals surface area contributed by atoms with Crippen LogP contribution in [0.25, 0.3) is 0 Å². The van der Waals surface area contributed by atoms with Gasteiger partial charge in [-0.15, -0.1) is 0 Å². The van der Waals surface area contributed by atoms with Crippen LogP contribution >= 0.6 is 0 Å². The van der Waals surface area contributed by atoms with Crippen molar-refractivity contribution in [1.29, 1.82) is 0 Å². The molecule has 1 heterocycles. The van der Waals surface area contributed by atoms with E-state index in [0.29, 0.717) is 37.5 Å². The lowest BCUT2D eigenvalue weighted by Gasteiger charge is -2.35. The smallest absolute Gasteiger partial charge is 0.254 e. The highest BCUT2D eigenvalue weighted by Crippen LogP contribution is 2.15. The van der Waals surface area contributed by atoms with Crippen LogP contribution in [0.1, 0.15) is 17.3 Å². The molecule has 0 aromatic heterocycles. The first-order valence-electron chi connectivity index (χ1n) is 7.00. The number of amides is 2. The van der Waals surface area contributed by atoms with Crippen molar-refractivity contribution >= 4 is 11.8 Å². The molecule has 6 nitrogen and oxygen atoms in total. The summed E-state index contributed by atoms with van der Waals surface area (Å²) in [5.41, 5.74) is 6.20. The number of carbonyl (C=O) groups is 2. The number of nitrogens with two attached hydrogens (primary N) is 1. The van der Waals surface area contributed by atoms with E-state index in [1.54, 1.807) is 48.1 Å². The van der Waals surface area contributed by atoms with Crippen molar-refractivity contribution in [2.75, 3.05) is 33.3 Å². The molecule has 2 amide bonds. The maximum Gasteiger partial charge on any atom is 0.254 e. The van der Waals surface area contributed by atoms with Gasteiger partial charge in [-0.3, -0.25) is 9.59 Å². The highest BCUT2D eigenvalue weighted by atomic mass is 16.5. The van der Waals surface area contributed by atoms with E-state index in [0.717, 1.165) is 0 Å². The Labute approximate surface area is 124 Å². The Balaban J connectivity index is 1.98. The van der Waals surface area contributed by atoms with Gasteiger partial charge < -0.3 is 20.3 Å². The Morgan fingerprint density at radius 2 is 1.81 bits per heavy atom. The van der Waals surface area contributed by atoms with Gasteiger partial charge >= 0.3 is 0 Å². The quantitative estimate of drug-likeness (QED) is 0.870. The topological polar surface area (TPSA) is 75.9 Å². The summed E-state index contributed by atoms with van der Waals surface area (Å²) in [5, 5.41) is 0. The number of piperazine rings is 1. The van der Waals surface area contributed by atoms with Crippen LogP contribution in [0.4, 0.5) is 0 Å². The number of ether oxygens (including phenoxy) is 1. The maximum atomic E-state index is 12.4. The molecule has 2 rings (SSSR count). The Morgan fingerprint density at radius 1 is 1.19 bits per heavy atom. The number of carbonyl (C=O) groups excluding carboxylic acids is 2. The molecule has 0 saturated carbocycles. The van der Waals surface area contributed by atoms with E-state index in [1.807, 2.05) is 0 Å². The van der Waals surface area contributed by atoms with Crippen LogP contribution < -0.4 is 10.5 Å². The number of hydrogen-bond acceptors (Lipinski definition) is 4. The summed E-state index contributed by atoms with van der Waals surface area (Å²) in [6.45, 7) is 3.77. The fourth-order valence-corrected chi connectivity index (χ4v) is 2.36. The third kappa shape index (κ3) is 3.52. The summed E-state index contributed by atoms with van der Waals surface area (Å²) >= 11 is 0. The Bertz CT molecular complexity index is 523. The van der Waals surface area contributed by atoms with Gasteiger partial charge in [0, 0.05) is 31.7 Å². The van der Waals surface area contributed by atoms with E-state index < -0.39 is 6.04 Å². The second-order valence-corrected chi connectivity index (χ2v) is 5.14. The largest absolute Gasteiger partial charge is 0.497 e. The monoisotopic (exact) mass is 291 g/mol. The van der Waals surface area contributed by atoms with Crippen LogP contribution in [0.3, 0.4) is 0 Å². The van der Waals surface area contributed by atoms with Crippen LogP contribution in [0.2, 0.25) is 0 Å². The summed E-state index contributed by atoms with van der Waals surface area (Å²) in [6.07, 6.45) is 0. The van der Waals surface area contributed by atoms with Crippen LogP contribution in [0, 0.1) is 0 Å².